The molecule has 2 aromatic heterocycles. The van der Waals surface area contributed by atoms with Gasteiger partial charge in [0.1, 0.15) is 11.4 Å². The molecule has 0 fully saturated rings. The van der Waals surface area contributed by atoms with Gasteiger partial charge < -0.3 is 4.74 Å². The highest BCUT2D eigenvalue weighted by atomic mass is 19.4. The van der Waals surface area contributed by atoms with Crippen LogP contribution in [0.4, 0.5) is 13.2 Å². The van der Waals surface area contributed by atoms with Crippen LogP contribution in [0.2, 0.25) is 0 Å². The van der Waals surface area contributed by atoms with E-state index in [0.29, 0.717) is 17.0 Å². The van der Waals surface area contributed by atoms with Crippen LogP contribution in [0.25, 0.3) is 11.3 Å². The number of alkyl halides is 3. The Bertz CT molecular complexity index is 954. The molecule has 0 spiro atoms. The second kappa shape index (κ2) is 7.57. The fourth-order valence-corrected chi connectivity index (χ4v) is 2.54. The van der Waals surface area contributed by atoms with Crippen LogP contribution < -0.4 is 4.74 Å². The minimum atomic E-state index is -4.73. The number of Topliss-reactive ketones (excluding diaryl/α,β-unsaturated/α-hetero) is 1. The standard InChI is InChI=1S/C20H15F3N2O2/c1-13-3-2-4-17(25-13)19(26)12-14-9-10-24-18(11-14)15-5-7-16(8-6-15)27-20(21,22)23/h2-11H,12H2,1H3. The summed E-state index contributed by atoms with van der Waals surface area (Å²) in [7, 11) is 0. The Morgan fingerprint density at radius 2 is 1.81 bits per heavy atom. The average Bonchev–Trinajstić information content (AvgIpc) is 2.61. The van der Waals surface area contributed by atoms with Crippen LogP contribution in [0, 0.1) is 6.92 Å². The van der Waals surface area contributed by atoms with Gasteiger partial charge >= 0.3 is 6.36 Å². The van der Waals surface area contributed by atoms with Crippen LogP contribution >= 0.6 is 0 Å². The lowest BCUT2D eigenvalue weighted by molar-refractivity contribution is -0.274. The predicted octanol–water partition coefficient (Wildman–Crippen LogP) is 4.78. The number of carbonyl (C=O) groups excluding carboxylic acids is 1. The summed E-state index contributed by atoms with van der Waals surface area (Å²) in [5, 5.41) is 0. The maximum atomic E-state index is 12.4. The summed E-state index contributed by atoms with van der Waals surface area (Å²) in [5.41, 5.74) is 3.06. The zero-order valence-corrected chi connectivity index (χ0v) is 14.3. The molecule has 3 aromatic rings. The number of pyridine rings is 2. The molecule has 0 N–H and O–H groups in total. The van der Waals surface area contributed by atoms with Crippen LogP contribution in [-0.2, 0) is 6.42 Å². The zero-order chi connectivity index (χ0) is 19.4. The second-order valence-electron chi connectivity index (χ2n) is 5.89. The van der Waals surface area contributed by atoms with Gasteiger partial charge in [-0.2, -0.15) is 0 Å². The van der Waals surface area contributed by atoms with E-state index < -0.39 is 6.36 Å². The van der Waals surface area contributed by atoms with Crippen molar-refractivity contribution in [2.75, 3.05) is 0 Å². The van der Waals surface area contributed by atoms with Gasteiger partial charge in [0.05, 0.1) is 5.69 Å². The van der Waals surface area contributed by atoms with Crippen molar-refractivity contribution in [1.29, 1.82) is 0 Å². The van der Waals surface area contributed by atoms with E-state index in [1.807, 2.05) is 13.0 Å². The summed E-state index contributed by atoms with van der Waals surface area (Å²) in [6, 6.07) is 14.1. The van der Waals surface area contributed by atoms with E-state index in [-0.39, 0.29) is 18.0 Å². The van der Waals surface area contributed by atoms with Crippen molar-refractivity contribution in [3.8, 4) is 17.0 Å². The highest BCUT2D eigenvalue weighted by molar-refractivity contribution is 5.95. The topological polar surface area (TPSA) is 52.1 Å². The molecule has 0 atom stereocenters. The summed E-state index contributed by atoms with van der Waals surface area (Å²) in [5.74, 6) is -0.423. The number of aryl methyl sites for hydroxylation is 1. The first-order valence-electron chi connectivity index (χ1n) is 8.08. The Morgan fingerprint density at radius 1 is 1.07 bits per heavy atom. The fourth-order valence-electron chi connectivity index (χ4n) is 2.54. The minimum Gasteiger partial charge on any atom is -0.406 e. The number of nitrogens with zero attached hydrogens (tertiary/aromatic N) is 2. The number of benzene rings is 1. The average molecular weight is 372 g/mol. The fraction of sp³-hybridized carbons (Fsp3) is 0.150. The summed E-state index contributed by atoms with van der Waals surface area (Å²) in [4.78, 5) is 20.8. The molecule has 0 bridgehead atoms. The summed E-state index contributed by atoms with van der Waals surface area (Å²) in [6.07, 6.45) is -3.02. The Morgan fingerprint density at radius 3 is 2.48 bits per heavy atom. The zero-order valence-electron chi connectivity index (χ0n) is 14.3. The lowest BCUT2D eigenvalue weighted by Crippen LogP contribution is -2.16. The van der Waals surface area contributed by atoms with Crippen LogP contribution in [0.5, 0.6) is 5.75 Å². The van der Waals surface area contributed by atoms with Crippen molar-refractivity contribution in [1.82, 2.24) is 9.97 Å². The van der Waals surface area contributed by atoms with E-state index in [9.17, 15) is 18.0 Å². The van der Waals surface area contributed by atoms with Crippen molar-refractivity contribution < 1.29 is 22.7 Å². The molecular formula is C20H15F3N2O2. The molecule has 0 saturated carbocycles. The number of aromatic nitrogens is 2. The SMILES string of the molecule is Cc1cccc(C(=O)Cc2ccnc(-c3ccc(OC(F)(F)F)cc3)c2)n1. The lowest BCUT2D eigenvalue weighted by atomic mass is 10.0. The Balaban J connectivity index is 1.76. The molecule has 1 aromatic carbocycles. The Kier molecular flexibility index (Phi) is 5.21. The third-order valence-corrected chi connectivity index (χ3v) is 3.75. The number of hydrogen-bond acceptors (Lipinski definition) is 4. The Hall–Kier alpha value is -3.22. The van der Waals surface area contributed by atoms with Gasteiger partial charge in [0, 0.05) is 23.9 Å². The van der Waals surface area contributed by atoms with Gasteiger partial charge in [-0.1, -0.05) is 6.07 Å². The van der Waals surface area contributed by atoms with Gasteiger partial charge in [0.15, 0.2) is 5.78 Å². The number of hydrogen-bond donors (Lipinski definition) is 0. The van der Waals surface area contributed by atoms with Crippen molar-refractivity contribution in [3.05, 3.63) is 77.7 Å². The van der Waals surface area contributed by atoms with Gasteiger partial charge in [-0.25, -0.2) is 0 Å². The first-order valence-corrected chi connectivity index (χ1v) is 8.08. The summed E-state index contributed by atoms with van der Waals surface area (Å²) < 4.78 is 40.6. The first-order chi connectivity index (χ1) is 12.8. The highest BCUT2D eigenvalue weighted by Gasteiger charge is 2.30. The molecule has 7 heteroatoms. The van der Waals surface area contributed by atoms with E-state index in [1.165, 1.54) is 24.3 Å². The summed E-state index contributed by atoms with van der Waals surface area (Å²) in [6.45, 7) is 1.81. The van der Waals surface area contributed by atoms with Gasteiger partial charge in [0.25, 0.3) is 0 Å². The quantitative estimate of drug-likeness (QED) is 0.605. The molecule has 0 aliphatic rings. The number of rotatable bonds is 5. The van der Waals surface area contributed by atoms with Crippen LogP contribution in [0.1, 0.15) is 21.7 Å². The predicted molar refractivity (Wildman–Crippen MR) is 93.4 cm³/mol. The van der Waals surface area contributed by atoms with Gasteiger partial charge in [0.2, 0.25) is 0 Å². The number of ether oxygens (including phenoxy) is 1. The maximum Gasteiger partial charge on any atom is 0.573 e. The minimum absolute atomic E-state index is 0.121. The van der Waals surface area contributed by atoms with Gasteiger partial charge in [-0.15, -0.1) is 13.2 Å². The van der Waals surface area contributed by atoms with Crippen LogP contribution in [0.15, 0.2) is 60.8 Å². The maximum absolute atomic E-state index is 12.4. The largest absolute Gasteiger partial charge is 0.573 e. The normalized spacial score (nSPS) is 11.3. The molecule has 138 valence electrons. The number of ketones is 1. The first kappa shape index (κ1) is 18.6. The molecule has 0 unspecified atom stereocenters. The van der Waals surface area contributed by atoms with E-state index in [1.54, 1.807) is 30.5 Å². The highest BCUT2D eigenvalue weighted by Crippen LogP contribution is 2.26. The van der Waals surface area contributed by atoms with E-state index in [2.05, 4.69) is 14.7 Å². The molecule has 0 saturated heterocycles. The second-order valence-corrected chi connectivity index (χ2v) is 5.89. The van der Waals surface area contributed by atoms with Gasteiger partial charge in [-0.3, -0.25) is 14.8 Å². The van der Waals surface area contributed by atoms with E-state index >= 15 is 0 Å². The van der Waals surface area contributed by atoms with Crippen molar-refractivity contribution in [2.45, 2.75) is 19.7 Å². The third kappa shape index (κ3) is 5.13. The molecule has 2 heterocycles. The van der Waals surface area contributed by atoms with Crippen molar-refractivity contribution in [2.24, 2.45) is 0 Å². The number of carbonyl (C=O) groups is 1. The molecule has 0 aliphatic heterocycles. The third-order valence-electron chi connectivity index (χ3n) is 3.75. The van der Waals surface area contributed by atoms with Crippen molar-refractivity contribution >= 4 is 5.78 Å². The number of halogens is 3. The summed E-state index contributed by atoms with van der Waals surface area (Å²) >= 11 is 0. The molecule has 0 amide bonds. The molecule has 4 nitrogen and oxygen atoms in total. The van der Waals surface area contributed by atoms with Crippen LogP contribution in [-0.4, -0.2) is 22.1 Å². The van der Waals surface area contributed by atoms with Crippen molar-refractivity contribution in [3.63, 3.8) is 0 Å². The monoisotopic (exact) mass is 372 g/mol. The molecule has 27 heavy (non-hydrogen) atoms. The molecule has 0 radical (unpaired) electrons. The van der Waals surface area contributed by atoms with Gasteiger partial charge in [-0.05, 0) is 61.0 Å². The molecular weight excluding hydrogens is 357 g/mol. The van der Waals surface area contributed by atoms with E-state index in [0.717, 1.165) is 11.3 Å². The Labute approximate surface area is 153 Å². The van der Waals surface area contributed by atoms with E-state index in [4.69, 9.17) is 0 Å². The lowest BCUT2D eigenvalue weighted by Gasteiger charge is -2.09. The smallest absolute Gasteiger partial charge is 0.406 e. The molecule has 0 aliphatic carbocycles. The molecule has 3 rings (SSSR count). The van der Waals surface area contributed by atoms with Crippen LogP contribution in [0.3, 0.4) is 0 Å².